The second-order valence-electron chi connectivity index (χ2n) is 4.32. The Labute approximate surface area is 84.5 Å². The number of carbonyl (C=O) groups is 2. The lowest BCUT2D eigenvalue weighted by atomic mass is 9.68. The minimum atomic E-state index is -0.693. The van der Waals surface area contributed by atoms with Crippen molar-refractivity contribution in [1.82, 2.24) is 0 Å². The molecule has 0 aromatic carbocycles. The predicted molar refractivity (Wildman–Crippen MR) is 53.0 cm³/mol. The molecule has 1 rings (SSSR count). The van der Waals surface area contributed by atoms with Gasteiger partial charge in [-0.15, -0.1) is 0 Å². The van der Waals surface area contributed by atoms with E-state index in [0.717, 1.165) is 12.8 Å². The summed E-state index contributed by atoms with van der Waals surface area (Å²) in [5.74, 6) is -0.379. The molecule has 1 fully saturated rings. The van der Waals surface area contributed by atoms with Crippen LogP contribution in [0, 0.1) is 11.3 Å². The van der Waals surface area contributed by atoms with Gasteiger partial charge in [0.2, 0.25) is 0 Å². The molecular weight excluding hydrogens is 180 g/mol. The number of carbonyl (C=O) groups excluding carboxylic acids is 1. The van der Waals surface area contributed by atoms with Crippen LogP contribution in [0.25, 0.3) is 0 Å². The first-order valence-electron chi connectivity index (χ1n) is 5.25. The lowest BCUT2D eigenvalue weighted by Gasteiger charge is -2.35. The van der Waals surface area contributed by atoms with Gasteiger partial charge < -0.3 is 5.11 Å². The zero-order valence-electron chi connectivity index (χ0n) is 8.88. The standard InChI is InChI=1S/C11H18O3/c1-3-11(10(13)14)6-4-9(5-7-11)8(2)12/h9H,3-7H2,1-2H3,(H,13,14). The van der Waals surface area contributed by atoms with Gasteiger partial charge in [-0.1, -0.05) is 6.92 Å². The average molecular weight is 198 g/mol. The zero-order chi connectivity index (χ0) is 10.8. The van der Waals surface area contributed by atoms with Crippen molar-refractivity contribution in [1.29, 1.82) is 0 Å². The van der Waals surface area contributed by atoms with Crippen molar-refractivity contribution in [2.75, 3.05) is 0 Å². The molecule has 0 aromatic rings. The van der Waals surface area contributed by atoms with E-state index >= 15 is 0 Å². The molecule has 0 spiro atoms. The van der Waals surface area contributed by atoms with Crippen LogP contribution in [-0.4, -0.2) is 16.9 Å². The van der Waals surface area contributed by atoms with Crippen LogP contribution in [-0.2, 0) is 9.59 Å². The van der Waals surface area contributed by atoms with E-state index in [-0.39, 0.29) is 11.7 Å². The van der Waals surface area contributed by atoms with Gasteiger partial charge in [0.05, 0.1) is 5.41 Å². The molecule has 3 nitrogen and oxygen atoms in total. The first kappa shape index (κ1) is 11.2. The van der Waals surface area contributed by atoms with Crippen LogP contribution < -0.4 is 0 Å². The first-order valence-corrected chi connectivity index (χ1v) is 5.25. The second-order valence-corrected chi connectivity index (χ2v) is 4.32. The van der Waals surface area contributed by atoms with E-state index in [1.807, 2.05) is 6.92 Å². The number of ketones is 1. The van der Waals surface area contributed by atoms with Crippen LogP contribution in [0.4, 0.5) is 0 Å². The Morgan fingerprint density at radius 2 is 1.86 bits per heavy atom. The molecule has 1 N–H and O–H groups in total. The lowest BCUT2D eigenvalue weighted by molar-refractivity contribution is -0.152. The van der Waals surface area contributed by atoms with Crippen molar-refractivity contribution >= 4 is 11.8 Å². The molecular formula is C11H18O3. The molecule has 14 heavy (non-hydrogen) atoms. The fraction of sp³-hybridized carbons (Fsp3) is 0.818. The fourth-order valence-electron chi connectivity index (χ4n) is 2.30. The third-order valence-corrected chi connectivity index (χ3v) is 3.65. The van der Waals surface area contributed by atoms with Gasteiger partial charge in [0.25, 0.3) is 0 Å². The molecule has 0 saturated heterocycles. The fourth-order valence-corrected chi connectivity index (χ4v) is 2.30. The molecule has 1 aliphatic carbocycles. The summed E-state index contributed by atoms with van der Waals surface area (Å²) in [6, 6.07) is 0. The van der Waals surface area contributed by atoms with Crippen molar-refractivity contribution in [3.8, 4) is 0 Å². The highest BCUT2D eigenvalue weighted by atomic mass is 16.4. The van der Waals surface area contributed by atoms with Crippen LogP contribution in [0.3, 0.4) is 0 Å². The van der Waals surface area contributed by atoms with Gasteiger partial charge in [-0.2, -0.15) is 0 Å². The Bertz CT molecular complexity index is 237. The monoisotopic (exact) mass is 198 g/mol. The second kappa shape index (κ2) is 4.11. The van der Waals surface area contributed by atoms with E-state index in [4.69, 9.17) is 5.11 Å². The lowest BCUT2D eigenvalue weighted by Crippen LogP contribution is -2.36. The van der Waals surface area contributed by atoms with Gasteiger partial charge in [0, 0.05) is 5.92 Å². The van der Waals surface area contributed by atoms with Gasteiger partial charge in [-0.05, 0) is 39.0 Å². The Morgan fingerprint density at radius 3 is 2.14 bits per heavy atom. The van der Waals surface area contributed by atoms with E-state index in [0.29, 0.717) is 19.3 Å². The summed E-state index contributed by atoms with van der Waals surface area (Å²) >= 11 is 0. The largest absolute Gasteiger partial charge is 0.481 e. The molecule has 0 radical (unpaired) electrons. The SMILES string of the molecule is CCC1(C(=O)O)CCC(C(C)=O)CC1. The summed E-state index contributed by atoms with van der Waals surface area (Å²) in [4.78, 5) is 22.2. The topological polar surface area (TPSA) is 54.4 Å². The number of carboxylic acids is 1. The molecule has 1 aliphatic rings. The number of rotatable bonds is 3. The normalized spacial score (nSPS) is 32.6. The minimum Gasteiger partial charge on any atom is -0.481 e. The van der Waals surface area contributed by atoms with Crippen LogP contribution in [0.5, 0.6) is 0 Å². The summed E-state index contributed by atoms with van der Waals surface area (Å²) in [6.07, 6.45) is 3.48. The third kappa shape index (κ3) is 1.97. The molecule has 80 valence electrons. The molecule has 0 atom stereocenters. The van der Waals surface area contributed by atoms with Gasteiger partial charge in [-0.3, -0.25) is 9.59 Å². The van der Waals surface area contributed by atoms with Gasteiger partial charge in [0.15, 0.2) is 0 Å². The molecule has 3 heteroatoms. The summed E-state index contributed by atoms with van der Waals surface area (Å²) in [5, 5.41) is 9.13. The number of aliphatic carboxylic acids is 1. The molecule has 0 amide bonds. The Hall–Kier alpha value is -0.860. The Balaban J connectivity index is 2.64. The summed E-state index contributed by atoms with van der Waals surface area (Å²) in [6.45, 7) is 3.52. The van der Waals surface area contributed by atoms with Crippen molar-refractivity contribution in [2.45, 2.75) is 46.0 Å². The van der Waals surface area contributed by atoms with Gasteiger partial charge in [-0.25, -0.2) is 0 Å². The molecule has 0 aliphatic heterocycles. The van der Waals surface area contributed by atoms with Crippen LogP contribution in [0.1, 0.15) is 46.0 Å². The molecule has 0 heterocycles. The number of hydrogen-bond acceptors (Lipinski definition) is 2. The molecule has 0 unspecified atom stereocenters. The average Bonchev–Trinajstić information content (AvgIpc) is 2.17. The quantitative estimate of drug-likeness (QED) is 0.756. The van der Waals surface area contributed by atoms with Gasteiger partial charge >= 0.3 is 5.97 Å². The highest BCUT2D eigenvalue weighted by molar-refractivity contribution is 5.79. The number of hydrogen-bond donors (Lipinski definition) is 1. The number of Topliss-reactive ketones (excluding diaryl/α,β-unsaturated/α-hetero) is 1. The predicted octanol–water partition coefficient (Wildman–Crippen LogP) is 2.25. The third-order valence-electron chi connectivity index (χ3n) is 3.65. The maximum atomic E-state index is 11.1. The van der Waals surface area contributed by atoms with E-state index < -0.39 is 11.4 Å². The van der Waals surface area contributed by atoms with Gasteiger partial charge in [0.1, 0.15) is 5.78 Å². The van der Waals surface area contributed by atoms with Crippen molar-refractivity contribution in [2.24, 2.45) is 11.3 Å². The van der Waals surface area contributed by atoms with Crippen LogP contribution >= 0.6 is 0 Å². The van der Waals surface area contributed by atoms with Crippen LogP contribution in [0.15, 0.2) is 0 Å². The summed E-state index contributed by atoms with van der Waals surface area (Å²) < 4.78 is 0. The minimum absolute atomic E-state index is 0.106. The molecule has 0 aromatic heterocycles. The zero-order valence-corrected chi connectivity index (χ0v) is 8.88. The van der Waals surface area contributed by atoms with Crippen molar-refractivity contribution in [3.63, 3.8) is 0 Å². The maximum Gasteiger partial charge on any atom is 0.309 e. The highest BCUT2D eigenvalue weighted by Gasteiger charge is 2.41. The van der Waals surface area contributed by atoms with E-state index in [9.17, 15) is 9.59 Å². The maximum absolute atomic E-state index is 11.1. The first-order chi connectivity index (χ1) is 6.52. The van der Waals surface area contributed by atoms with Crippen LogP contribution in [0.2, 0.25) is 0 Å². The van der Waals surface area contributed by atoms with E-state index in [1.165, 1.54) is 0 Å². The van der Waals surface area contributed by atoms with E-state index in [1.54, 1.807) is 6.92 Å². The summed E-state index contributed by atoms with van der Waals surface area (Å²) in [7, 11) is 0. The van der Waals surface area contributed by atoms with Crippen molar-refractivity contribution < 1.29 is 14.7 Å². The van der Waals surface area contributed by atoms with Crippen molar-refractivity contribution in [3.05, 3.63) is 0 Å². The Kier molecular flexibility index (Phi) is 3.29. The number of carboxylic acid groups (broad SMARTS) is 1. The van der Waals surface area contributed by atoms with E-state index in [2.05, 4.69) is 0 Å². The highest BCUT2D eigenvalue weighted by Crippen LogP contribution is 2.41. The molecule has 0 bridgehead atoms. The smallest absolute Gasteiger partial charge is 0.309 e. The summed E-state index contributed by atoms with van der Waals surface area (Å²) in [5.41, 5.74) is -0.550. The Morgan fingerprint density at radius 1 is 1.36 bits per heavy atom. The molecule has 1 saturated carbocycles.